The second-order valence-electron chi connectivity index (χ2n) is 30.7. The van der Waals surface area contributed by atoms with Gasteiger partial charge in [-0.05, 0) is 339 Å². The smallest absolute Gasteiger partial charge is 0.257 e. The van der Waals surface area contributed by atoms with E-state index in [0.29, 0.717) is 81.7 Å². The molecule has 42 heteroatoms. The molecule has 7 heterocycles. The first kappa shape index (κ1) is 103. The summed E-state index contributed by atoms with van der Waals surface area (Å²) in [5.74, 6) is -1.94. The number of nitrogens with one attached hydrogen (secondary N) is 1. The van der Waals surface area contributed by atoms with Crippen LogP contribution in [0.25, 0.3) is 66.1 Å². The molecular formula is C95H72Cl3F15I4N20. The van der Waals surface area contributed by atoms with Gasteiger partial charge in [-0.15, -0.1) is 32.7 Å². The molecular weight excluding hydrogens is 2320 g/mol. The number of hydrogen-bond acceptors (Lipinski definition) is 18. The zero-order chi connectivity index (χ0) is 98.9. The van der Waals surface area contributed by atoms with E-state index in [-0.39, 0.29) is 118 Å². The third-order valence-electron chi connectivity index (χ3n) is 21.0. The summed E-state index contributed by atoms with van der Waals surface area (Å²) in [5.41, 5.74) is 10.5. The van der Waals surface area contributed by atoms with Crippen molar-refractivity contribution in [3.05, 3.63) is 293 Å². The predicted octanol–water partition coefficient (Wildman–Crippen LogP) is 26.7. The Hall–Kier alpha value is -11.3. The zero-order valence-electron chi connectivity index (χ0n) is 72.7. The summed E-state index contributed by atoms with van der Waals surface area (Å²) in [6.45, 7) is 15.7. The van der Waals surface area contributed by atoms with E-state index in [1.807, 2.05) is 102 Å². The fourth-order valence-corrected chi connectivity index (χ4v) is 17.0. The molecule has 2 aliphatic rings. The Kier molecular flexibility index (Phi) is 33.6. The minimum atomic E-state index is -1.07. The number of terminal acetylenes is 1. The maximum absolute atomic E-state index is 14.9. The molecule has 17 aromatic rings. The summed E-state index contributed by atoms with van der Waals surface area (Å²) in [6, 6.07) is 34.5. The van der Waals surface area contributed by atoms with Crippen LogP contribution in [0, 0.1) is 137 Å². The van der Waals surface area contributed by atoms with Gasteiger partial charge in [-0.3, -0.25) is 8.80 Å². The summed E-state index contributed by atoms with van der Waals surface area (Å²) in [6.07, 6.45) is 12.4. The number of rotatable bonds is 15. The van der Waals surface area contributed by atoms with Gasteiger partial charge in [0, 0.05) is 91.8 Å². The van der Waals surface area contributed by atoms with E-state index in [2.05, 4.69) is 120 Å². The van der Waals surface area contributed by atoms with E-state index < -0.39 is 81.4 Å². The first-order valence-electron chi connectivity index (χ1n) is 41.4. The van der Waals surface area contributed by atoms with Crippen molar-refractivity contribution in [1.29, 1.82) is 0 Å². The van der Waals surface area contributed by atoms with Gasteiger partial charge >= 0.3 is 0 Å². The van der Waals surface area contributed by atoms with Crippen LogP contribution in [0.2, 0.25) is 15.7 Å². The van der Waals surface area contributed by atoms with Crippen LogP contribution in [0.3, 0.4) is 0 Å². The average Bonchev–Trinajstić information content (AvgIpc) is 1.58. The number of hydrogen-bond donors (Lipinski definition) is 2. The van der Waals surface area contributed by atoms with Gasteiger partial charge in [0.15, 0.2) is 58.2 Å². The number of halogens is 22. The van der Waals surface area contributed by atoms with Gasteiger partial charge in [0.05, 0.1) is 61.1 Å². The molecule has 2 saturated carbocycles. The Morgan fingerprint density at radius 2 is 0.752 bits per heavy atom. The van der Waals surface area contributed by atoms with Crippen LogP contribution in [-0.4, -0.2) is 102 Å². The molecule has 2 fully saturated rings. The molecule has 0 unspecified atom stereocenters. The minimum absolute atomic E-state index is 0.00590. The molecule has 0 bridgehead atoms. The molecule has 0 radical (unpaired) electrons. The van der Waals surface area contributed by atoms with Gasteiger partial charge in [-0.25, -0.2) is 90.8 Å². The Morgan fingerprint density at radius 1 is 0.401 bits per heavy atom. The van der Waals surface area contributed by atoms with Crippen LogP contribution in [0.1, 0.15) is 85.5 Å². The average molecular weight is 2390 g/mol. The van der Waals surface area contributed by atoms with Crippen molar-refractivity contribution in [3.8, 4) is 24.2 Å². The highest BCUT2D eigenvalue weighted by molar-refractivity contribution is 14.1. The number of aromatic nitrogens is 14. The molecule has 2 aliphatic carbocycles. The highest BCUT2D eigenvalue weighted by atomic mass is 127. The lowest BCUT2D eigenvalue weighted by molar-refractivity contribution is 0.516. The van der Waals surface area contributed by atoms with E-state index in [1.54, 1.807) is 50.8 Å². The summed E-state index contributed by atoms with van der Waals surface area (Å²) in [7, 11) is 0. The van der Waals surface area contributed by atoms with Crippen molar-refractivity contribution in [2.24, 2.45) is 16.6 Å². The normalized spacial score (nSPS) is 12.4. The SMILES string of the molecule is C#CC1(C)CC1.CCN(c1cc(F)cc(C#CC2(C)CC2)c1)c1nc2nncn2c2ccc(F)c(F)c12.CCN(c1cc(F)cc(I)c1)c1nc(CN)nc2ccc(F)c(F)c12.CCN(c1cc(F)cc(I)c1)c1nc(Cl)nc2ccc(F)c(F)c12.CCN(c1cc(F)cc(I)c1)c1nc2nncn2c2ccc(F)c(F)c12.CCNc1cc(F)cc(I)c1.Fc1ccc2nc(Cl)nc(Cl)c2c1F. The molecule has 0 spiro atoms. The monoisotopic (exact) mass is 2390 g/mol. The van der Waals surface area contributed by atoms with E-state index in [0.717, 1.165) is 59.0 Å². The van der Waals surface area contributed by atoms with Crippen LogP contribution in [0.5, 0.6) is 0 Å². The highest BCUT2D eigenvalue weighted by Gasteiger charge is 2.36. The van der Waals surface area contributed by atoms with Crippen molar-refractivity contribution >= 4 is 243 Å². The van der Waals surface area contributed by atoms with Crippen LogP contribution in [-0.2, 0) is 6.54 Å². The Bertz CT molecular complexity index is 7500. The summed E-state index contributed by atoms with van der Waals surface area (Å²) >= 11 is 25.1. The Balaban J connectivity index is 0.000000140. The molecule has 10 aromatic carbocycles. The van der Waals surface area contributed by atoms with Crippen LogP contribution in [0.15, 0.2) is 164 Å². The van der Waals surface area contributed by atoms with Crippen LogP contribution in [0.4, 0.5) is 118 Å². The van der Waals surface area contributed by atoms with E-state index in [9.17, 15) is 65.9 Å². The van der Waals surface area contributed by atoms with Crippen molar-refractivity contribution in [3.63, 3.8) is 0 Å². The van der Waals surface area contributed by atoms with Gasteiger partial charge < -0.3 is 30.7 Å². The van der Waals surface area contributed by atoms with Gasteiger partial charge in [0.2, 0.25) is 10.6 Å². The fourth-order valence-electron chi connectivity index (χ4n) is 13.9. The molecule has 137 heavy (non-hydrogen) atoms. The van der Waals surface area contributed by atoms with Gasteiger partial charge in [-0.1, -0.05) is 23.4 Å². The molecule has 20 nitrogen and oxygen atoms in total. The van der Waals surface area contributed by atoms with Gasteiger partial charge in [-0.2, -0.15) is 15.0 Å². The highest BCUT2D eigenvalue weighted by Crippen LogP contribution is 2.46. The quantitative estimate of drug-likeness (QED) is 0.0321. The van der Waals surface area contributed by atoms with Crippen molar-refractivity contribution in [2.45, 2.75) is 80.7 Å². The summed E-state index contributed by atoms with van der Waals surface area (Å²) in [4.78, 5) is 38.8. The number of nitrogens with two attached hydrogens (primary N) is 1. The Morgan fingerprint density at radius 3 is 1.13 bits per heavy atom. The molecule has 19 rings (SSSR count). The number of fused-ring (bicyclic) bond motifs is 9. The maximum Gasteiger partial charge on any atom is 0.257 e. The van der Waals surface area contributed by atoms with Gasteiger partial charge in [0.25, 0.3) is 11.6 Å². The Labute approximate surface area is 842 Å². The summed E-state index contributed by atoms with van der Waals surface area (Å²) in [5, 5.41) is 17.8. The first-order valence-corrected chi connectivity index (χ1v) is 46.8. The number of benzene rings is 10. The largest absolute Gasteiger partial charge is 0.385 e. The van der Waals surface area contributed by atoms with Crippen LogP contribution >= 0.6 is 125 Å². The third kappa shape index (κ3) is 24.3. The second kappa shape index (κ2) is 44.6. The van der Waals surface area contributed by atoms with E-state index in [1.165, 1.54) is 125 Å². The van der Waals surface area contributed by atoms with Gasteiger partial charge in [0.1, 0.15) is 76.0 Å². The topological polar surface area (TPSA) is 215 Å². The minimum Gasteiger partial charge on any atom is -0.385 e. The zero-order valence-corrected chi connectivity index (χ0v) is 83.6. The van der Waals surface area contributed by atoms with Crippen LogP contribution < -0.4 is 30.7 Å². The molecule has 7 aromatic heterocycles. The molecule has 0 amide bonds. The molecule has 0 atom stereocenters. The number of anilines is 9. The first-order chi connectivity index (χ1) is 65.3. The maximum atomic E-state index is 14.9. The predicted molar refractivity (Wildman–Crippen MR) is 536 cm³/mol. The van der Waals surface area contributed by atoms with E-state index >= 15 is 0 Å². The molecule has 0 saturated heterocycles. The molecule has 3 N–H and O–H groups in total. The third-order valence-corrected chi connectivity index (χ3v) is 24.1. The lowest BCUT2D eigenvalue weighted by Gasteiger charge is -2.24. The van der Waals surface area contributed by atoms with Crippen molar-refractivity contribution < 1.29 is 65.9 Å². The van der Waals surface area contributed by atoms with Crippen molar-refractivity contribution in [2.75, 3.05) is 57.6 Å². The lowest BCUT2D eigenvalue weighted by Crippen LogP contribution is -2.20. The second-order valence-corrected chi connectivity index (χ2v) is 36.7. The number of nitrogens with zero attached hydrogens (tertiary/aromatic N) is 18. The lowest BCUT2D eigenvalue weighted by atomic mass is 10.1. The van der Waals surface area contributed by atoms with E-state index in [4.69, 9.17) is 47.0 Å². The fraction of sp³-hybridized carbons (Fsp3) is 0.200. The molecule has 706 valence electrons. The summed E-state index contributed by atoms with van der Waals surface area (Å²) < 4.78 is 215. The van der Waals surface area contributed by atoms with Crippen molar-refractivity contribution in [1.82, 2.24) is 69.1 Å². The standard InChI is InChI=1S/C23H18F3N5.C17H11F3IN5.C17H14F3IN4.C16H10ClF3IN3.C8H2Cl2F2N2.C8H9FIN.C6H8/c1-3-30(16-11-14(10-15(24)12-16)6-7-23(2)8-9-23)21-19-18(5-4-17(25)20(19)26)31-13-27-29-22(31)28-21;1-2-25(11-6-9(18)5-10(21)7-11)16-14-13(4-3-12(19)15(14)20)26-8-22-24-17(26)23-16;1-2-25(11-6-9(18)5-10(21)7-11)17-15-13(23-14(8-22)24-17)4-3-12(19)16(15)20;1-2-24(10-6-8(18)5-9(21)7-10)15-13-12(22-16(17)23-15)4-3-11(19)14(13)20;9-7-5-4(13-8(10)14-7)2-1-3(11)6(5)12;1-2-11-8-4-6(9)3-7(10)5-8;1-3-6(2)4-5-6/h4-5,10-13H,3,8-9H2,1-2H3;3-8H,2H2,1H3;3-7H,2,8,22H2,1H3;3-7H,2H2,1H3;1-2H;3-5,11H,2H2,1H3;1H,4-5H2,2H3. The molecule has 0 aliphatic heterocycles.